The molecule has 0 saturated heterocycles. The van der Waals surface area contributed by atoms with Gasteiger partial charge >= 0.3 is 29.6 Å². The van der Waals surface area contributed by atoms with Gasteiger partial charge in [-0.3, -0.25) is 9.59 Å². The van der Waals surface area contributed by atoms with E-state index in [0.29, 0.717) is 10.8 Å². The number of hydrogen-bond donors (Lipinski definition) is 2. The van der Waals surface area contributed by atoms with E-state index in [0.717, 1.165) is 0 Å². The van der Waals surface area contributed by atoms with Gasteiger partial charge in [-0.15, -0.1) is 0 Å². The van der Waals surface area contributed by atoms with Crippen LogP contribution in [-0.2, 0) is 39.4 Å². The maximum Gasteiger partial charge on any atom is 1.00 e. The van der Waals surface area contributed by atoms with Crippen LogP contribution >= 0.6 is 0 Å². The predicted molar refractivity (Wildman–Crippen MR) is 123 cm³/mol. The largest absolute Gasteiger partial charge is 1.00 e. The molecule has 16 heteroatoms. The van der Waals surface area contributed by atoms with Gasteiger partial charge in [0.15, 0.2) is 19.7 Å². The normalized spacial score (nSPS) is 11.7. The summed E-state index contributed by atoms with van der Waals surface area (Å²) in [5.74, 6) is -4.14. The molecule has 2 N–H and O–H groups in total. The molecule has 1 aromatic carbocycles. The summed E-state index contributed by atoms with van der Waals surface area (Å²) < 4.78 is 83.9. The molecule has 1 rings (SSSR count). The van der Waals surface area contributed by atoms with Crippen molar-refractivity contribution in [1.29, 1.82) is 0 Å². The fourth-order valence-electron chi connectivity index (χ4n) is 2.45. The summed E-state index contributed by atoms with van der Waals surface area (Å²) in [6.45, 7) is 6.28. The van der Waals surface area contributed by atoms with Crippen LogP contribution in [0.3, 0.4) is 0 Å². The number of carbonyl (C=O) groups is 2. The summed E-state index contributed by atoms with van der Waals surface area (Å²) in [6.07, 6.45) is -0.953. The van der Waals surface area contributed by atoms with E-state index in [1.807, 2.05) is 0 Å². The molecule has 0 aliphatic heterocycles. The standard InChI is InChI=1S/C19H26N2O10S3.Na/c1-3-32(24,25)13-17(22)20-19(21-18(23)14-33(26,27)4-2)15-8-7-9-16(12-15)31-10-5-6-11-34(28,29)30;/h3-4,7-9,12,19H,1-2,5-6,10-11,13-14H2,(H,20,22)(H,21,23)(H,28,29,30);/q;+1/p-1. The molecule has 0 radical (unpaired) electrons. The Kier molecular flexibility index (Phi) is 14.0. The third-order valence-electron chi connectivity index (χ3n) is 4.03. The molecule has 35 heavy (non-hydrogen) atoms. The second-order valence-corrected chi connectivity index (χ2v) is 12.3. The number of amides is 2. The molecule has 0 aromatic heterocycles. The fraction of sp³-hybridized carbons (Fsp3) is 0.368. The maximum absolute atomic E-state index is 12.2. The first-order valence-corrected chi connectivity index (χ1v) is 14.6. The molecule has 1 aromatic rings. The Hall–Kier alpha value is -1.75. The molecular weight excluding hydrogens is 535 g/mol. The molecule has 0 saturated carbocycles. The molecule has 0 heterocycles. The van der Waals surface area contributed by atoms with Gasteiger partial charge in [-0.25, -0.2) is 25.3 Å². The van der Waals surface area contributed by atoms with E-state index in [4.69, 9.17) is 4.74 Å². The van der Waals surface area contributed by atoms with Crippen LogP contribution in [0.25, 0.3) is 0 Å². The van der Waals surface area contributed by atoms with Gasteiger partial charge in [-0.1, -0.05) is 25.3 Å². The van der Waals surface area contributed by atoms with Gasteiger partial charge in [-0.05, 0) is 30.5 Å². The molecule has 0 unspecified atom stereocenters. The van der Waals surface area contributed by atoms with Crippen molar-refractivity contribution in [2.75, 3.05) is 23.9 Å². The van der Waals surface area contributed by atoms with E-state index in [1.54, 1.807) is 0 Å². The van der Waals surface area contributed by atoms with Crippen molar-refractivity contribution in [2.24, 2.45) is 0 Å². The van der Waals surface area contributed by atoms with Crippen LogP contribution in [0.15, 0.2) is 48.2 Å². The molecule has 2 amide bonds. The molecule has 0 bridgehead atoms. The third kappa shape index (κ3) is 14.4. The Morgan fingerprint density at radius 2 is 1.46 bits per heavy atom. The summed E-state index contributed by atoms with van der Waals surface area (Å²) >= 11 is 0. The summed E-state index contributed by atoms with van der Waals surface area (Å²) in [6, 6.07) is 5.89. The Morgan fingerprint density at radius 3 is 1.91 bits per heavy atom. The van der Waals surface area contributed by atoms with Crippen LogP contribution in [0.2, 0.25) is 0 Å². The van der Waals surface area contributed by atoms with Crippen molar-refractivity contribution < 1.29 is 73.7 Å². The second-order valence-electron chi connectivity index (χ2n) is 6.91. The topological polar surface area (TPSA) is 193 Å². The number of ether oxygens (including phenoxy) is 1. The van der Waals surface area contributed by atoms with Gasteiger partial charge in [0, 0.05) is 16.6 Å². The Balaban J connectivity index is 0.0000116. The van der Waals surface area contributed by atoms with Crippen molar-refractivity contribution in [2.45, 2.75) is 19.0 Å². The minimum absolute atomic E-state index is 0. The molecular formula is C19H25N2NaO10S3. The Labute approximate surface area is 227 Å². The van der Waals surface area contributed by atoms with Crippen molar-refractivity contribution in [1.82, 2.24) is 10.6 Å². The zero-order valence-corrected chi connectivity index (χ0v) is 23.5. The predicted octanol–water partition coefficient (Wildman–Crippen LogP) is -3.26. The van der Waals surface area contributed by atoms with Gasteiger partial charge in [-0.2, -0.15) is 0 Å². The molecule has 0 fully saturated rings. The first-order chi connectivity index (χ1) is 15.7. The minimum Gasteiger partial charge on any atom is -0.748 e. The average Bonchev–Trinajstić information content (AvgIpc) is 2.71. The van der Waals surface area contributed by atoms with Gasteiger partial charge in [0.05, 0.1) is 16.7 Å². The van der Waals surface area contributed by atoms with Crippen molar-refractivity contribution in [3.8, 4) is 5.75 Å². The maximum atomic E-state index is 12.2. The van der Waals surface area contributed by atoms with Crippen LogP contribution in [0.1, 0.15) is 24.6 Å². The van der Waals surface area contributed by atoms with Crippen LogP contribution < -0.4 is 44.9 Å². The molecule has 0 spiro atoms. The summed E-state index contributed by atoms with van der Waals surface area (Å²) in [7, 11) is -12.1. The van der Waals surface area contributed by atoms with Crippen LogP contribution in [-0.4, -0.2) is 65.5 Å². The second kappa shape index (κ2) is 14.7. The Morgan fingerprint density at radius 1 is 0.943 bits per heavy atom. The van der Waals surface area contributed by atoms with E-state index in [2.05, 4.69) is 23.8 Å². The van der Waals surface area contributed by atoms with Crippen LogP contribution in [0.5, 0.6) is 5.75 Å². The number of rotatable bonds is 15. The first kappa shape index (κ1) is 33.2. The smallest absolute Gasteiger partial charge is 0.748 e. The SMILES string of the molecule is C=CS(=O)(=O)CC(=O)NC(NC(=O)CS(=O)(=O)C=C)c1cccc(OCCCCS(=O)(=O)[O-])c1.[Na+]. The summed E-state index contributed by atoms with van der Waals surface area (Å²) in [5.41, 5.74) is 0.230. The molecule has 190 valence electrons. The fourth-order valence-corrected chi connectivity index (χ4v) is 4.14. The number of benzene rings is 1. The monoisotopic (exact) mass is 560 g/mol. The van der Waals surface area contributed by atoms with Crippen molar-refractivity contribution in [3.63, 3.8) is 0 Å². The van der Waals surface area contributed by atoms with Gasteiger partial charge in [0.2, 0.25) is 11.8 Å². The zero-order valence-electron chi connectivity index (χ0n) is 19.0. The van der Waals surface area contributed by atoms with Crippen molar-refractivity contribution >= 4 is 41.6 Å². The van der Waals surface area contributed by atoms with Crippen LogP contribution in [0.4, 0.5) is 0 Å². The van der Waals surface area contributed by atoms with Crippen molar-refractivity contribution in [3.05, 3.63) is 53.8 Å². The van der Waals surface area contributed by atoms with E-state index < -0.39 is 65.0 Å². The van der Waals surface area contributed by atoms with E-state index in [1.165, 1.54) is 24.3 Å². The summed E-state index contributed by atoms with van der Waals surface area (Å²) in [4.78, 5) is 24.4. The molecule has 0 aliphatic rings. The quantitative estimate of drug-likeness (QED) is 0.0952. The van der Waals surface area contributed by atoms with Crippen LogP contribution in [0, 0.1) is 0 Å². The van der Waals surface area contributed by atoms with E-state index in [9.17, 15) is 39.4 Å². The number of hydrogen-bond acceptors (Lipinski definition) is 10. The number of unbranched alkanes of at least 4 members (excludes halogenated alkanes) is 1. The van der Waals surface area contributed by atoms with Gasteiger partial charge < -0.3 is 19.9 Å². The zero-order chi connectivity index (χ0) is 26.0. The third-order valence-corrected chi connectivity index (χ3v) is 7.17. The average molecular weight is 561 g/mol. The van der Waals surface area contributed by atoms with Gasteiger partial charge in [0.1, 0.15) is 23.4 Å². The number of sulfone groups is 2. The Bertz CT molecular complexity index is 1180. The number of nitrogens with one attached hydrogen (secondary N) is 2. The molecule has 12 nitrogen and oxygen atoms in total. The molecule has 0 aliphatic carbocycles. The van der Waals surface area contributed by atoms with Gasteiger partial charge in [0.25, 0.3) is 0 Å². The minimum atomic E-state index is -4.32. The van der Waals surface area contributed by atoms with E-state index in [-0.39, 0.29) is 60.3 Å². The molecule has 0 atom stereocenters. The number of carbonyl (C=O) groups excluding carboxylic acids is 2. The van der Waals surface area contributed by atoms with E-state index >= 15 is 0 Å². The first-order valence-electron chi connectivity index (χ1n) is 9.62. The summed E-state index contributed by atoms with van der Waals surface area (Å²) in [5, 5.41) is 5.81.